The van der Waals surface area contributed by atoms with Gasteiger partial charge in [-0.2, -0.15) is 0 Å². The van der Waals surface area contributed by atoms with Crippen molar-refractivity contribution in [1.82, 2.24) is 10.2 Å². The van der Waals surface area contributed by atoms with E-state index in [9.17, 15) is 14.0 Å². The molecule has 136 valence electrons. The van der Waals surface area contributed by atoms with E-state index in [1.54, 1.807) is 12.1 Å². The molecule has 3 rings (SSSR count). The van der Waals surface area contributed by atoms with Gasteiger partial charge in [0.05, 0.1) is 6.42 Å². The summed E-state index contributed by atoms with van der Waals surface area (Å²) >= 11 is 0. The number of nitrogens with zero attached hydrogens (tertiary/aromatic N) is 1. The fourth-order valence-electron chi connectivity index (χ4n) is 3.85. The number of amides is 2. The van der Waals surface area contributed by atoms with Crippen LogP contribution in [-0.2, 0) is 16.0 Å². The summed E-state index contributed by atoms with van der Waals surface area (Å²) in [6.07, 6.45) is 7.53. The Morgan fingerprint density at radius 1 is 1.00 bits per heavy atom. The summed E-state index contributed by atoms with van der Waals surface area (Å²) in [5.74, 6) is 0.178. The SMILES string of the molecule is O=C(NC1CCN(C(=O)Cc2ccc(F)cc2)CC1)C1CCCCC1. The lowest BCUT2D eigenvalue weighted by molar-refractivity contribution is -0.131. The lowest BCUT2D eigenvalue weighted by Gasteiger charge is -2.33. The number of likely N-dealkylation sites (tertiary alicyclic amines) is 1. The molecule has 0 radical (unpaired) electrons. The first-order valence-electron chi connectivity index (χ1n) is 9.44. The maximum Gasteiger partial charge on any atom is 0.226 e. The largest absolute Gasteiger partial charge is 0.353 e. The maximum absolute atomic E-state index is 12.9. The number of carbonyl (C=O) groups is 2. The summed E-state index contributed by atoms with van der Waals surface area (Å²) in [5, 5.41) is 3.19. The van der Waals surface area contributed by atoms with Crippen molar-refractivity contribution in [2.45, 2.75) is 57.4 Å². The van der Waals surface area contributed by atoms with E-state index in [-0.39, 0.29) is 29.6 Å². The van der Waals surface area contributed by atoms with Crippen LogP contribution < -0.4 is 5.32 Å². The topological polar surface area (TPSA) is 49.4 Å². The molecule has 25 heavy (non-hydrogen) atoms. The number of piperidine rings is 1. The second-order valence-electron chi connectivity index (χ2n) is 7.30. The third-order valence-corrected chi connectivity index (χ3v) is 5.44. The quantitative estimate of drug-likeness (QED) is 0.911. The molecule has 1 aromatic carbocycles. The van der Waals surface area contributed by atoms with Crippen molar-refractivity contribution in [1.29, 1.82) is 0 Å². The molecular formula is C20H27FN2O2. The average molecular weight is 346 g/mol. The van der Waals surface area contributed by atoms with Crippen LogP contribution in [-0.4, -0.2) is 35.8 Å². The van der Waals surface area contributed by atoms with Gasteiger partial charge in [0, 0.05) is 25.0 Å². The van der Waals surface area contributed by atoms with Crippen molar-refractivity contribution in [2.75, 3.05) is 13.1 Å². The molecule has 0 aromatic heterocycles. The Bertz CT molecular complexity index is 588. The Labute approximate surface area is 148 Å². The van der Waals surface area contributed by atoms with Crippen molar-refractivity contribution in [3.05, 3.63) is 35.6 Å². The number of carbonyl (C=O) groups excluding carboxylic acids is 2. The van der Waals surface area contributed by atoms with Crippen molar-refractivity contribution in [2.24, 2.45) is 5.92 Å². The molecule has 4 nitrogen and oxygen atoms in total. The normalized spacial score (nSPS) is 19.6. The molecule has 0 atom stereocenters. The highest BCUT2D eigenvalue weighted by atomic mass is 19.1. The van der Waals surface area contributed by atoms with Gasteiger partial charge in [0.1, 0.15) is 5.82 Å². The van der Waals surface area contributed by atoms with E-state index in [2.05, 4.69) is 5.32 Å². The van der Waals surface area contributed by atoms with Crippen LogP contribution in [0.2, 0.25) is 0 Å². The van der Waals surface area contributed by atoms with Gasteiger partial charge in [-0.3, -0.25) is 9.59 Å². The van der Waals surface area contributed by atoms with Crippen molar-refractivity contribution < 1.29 is 14.0 Å². The van der Waals surface area contributed by atoms with E-state index in [1.807, 2.05) is 4.90 Å². The highest BCUT2D eigenvalue weighted by Crippen LogP contribution is 2.24. The molecule has 0 spiro atoms. The number of hydrogen-bond acceptors (Lipinski definition) is 2. The molecule has 5 heteroatoms. The molecule has 1 heterocycles. The van der Waals surface area contributed by atoms with E-state index in [1.165, 1.54) is 18.6 Å². The third-order valence-electron chi connectivity index (χ3n) is 5.44. The van der Waals surface area contributed by atoms with Crippen molar-refractivity contribution in [3.8, 4) is 0 Å². The number of hydrogen-bond donors (Lipinski definition) is 1. The van der Waals surface area contributed by atoms with Crippen molar-refractivity contribution >= 4 is 11.8 Å². The zero-order chi connectivity index (χ0) is 17.6. The minimum absolute atomic E-state index is 0.0728. The highest BCUT2D eigenvalue weighted by molar-refractivity contribution is 5.80. The smallest absolute Gasteiger partial charge is 0.226 e. The van der Waals surface area contributed by atoms with Crippen LogP contribution in [0, 0.1) is 11.7 Å². The maximum atomic E-state index is 12.9. The van der Waals surface area contributed by atoms with Gasteiger partial charge < -0.3 is 10.2 Å². The van der Waals surface area contributed by atoms with Crippen LogP contribution in [0.25, 0.3) is 0 Å². The zero-order valence-corrected chi connectivity index (χ0v) is 14.7. The molecule has 2 amide bonds. The standard InChI is InChI=1S/C20H27FN2O2/c21-17-8-6-15(7-9-17)14-19(24)23-12-10-18(11-13-23)22-20(25)16-4-2-1-3-5-16/h6-9,16,18H,1-5,10-14H2,(H,22,25). The van der Waals surface area contributed by atoms with Gasteiger partial charge in [-0.05, 0) is 43.4 Å². The molecular weight excluding hydrogens is 319 g/mol. The summed E-state index contributed by atoms with van der Waals surface area (Å²) in [6, 6.07) is 6.27. The van der Waals surface area contributed by atoms with Gasteiger partial charge in [-0.15, -0.1) is 0 Å². The van der Waals surface area contributed by atoms with Gasteiger partial charge >= 0.3 is 0 Å². The number of halogens is 1. The second-order valence-corrected chi connectivity index (χ2v) is 7.30. The molecule has 0 bridgehead atoms. The van der Waals surface area contributed by atoms with Gasteiger partial charge in [0.25, 0.3) is 0 Å². The molecule has 1 N–H and O–H groups in total. The lowest BCUT2D eigenvalue weighted by atomic mass is 9.88. The molecule has 1 saturated heterocycles. The van der Waals surface area contributed by atoms with Gasteiger partial charge in [-0.1, -0.05) is 31.4 Å². The summed E-state index contributed by atoms with van der Waals surface area (Å²) in [5.41, 5.74) is 0.833. The van der Waals surface area contributed by atoms with Gasteiger partial charge in [0.15, 0.2) is 0 Å². The van der Waals surface area contributed by atoms with E-state index in [0.29, 0.717) is 19.5 Å². The average Bonchev–Trinajstić information content (AvgIpc) is 2.65. The lowest BCUT2D eigenvalue weighted by Crippen LogP contribution is -2.48. The molecule has 1 aromatic rings. The first-order valence-corrected chi connectivity index (χ1v) is 9.44. The predicted molar refractivity (Wildman–Crippen MR) is 94.4 cm³/mol. The summed E-state index contributed by atoms with van der Waals surface area (Å²) in [6.45, 7) is 1.35. The van der Waals surface area contributed by atoms with Crippen molar-refractivity contribution in [3.63, 3.8) is 0 Å². The number of rotatable bonds is 4. The van der Waals surface area contributed by atoms with E-state index >= 15 is 0 Å². The first kappa shape index (κ1) is 17.9. The fraction of sp³-hybridized carbons (Fsp3) is 0.600. The Morgan fingerprint density at radius 3 is 2.28 bits per heavy atom. The molecule has 2 fully saturated rings. The summed E-state index contributed by atoms with van der Waals surface area (Å²) in [4.78, 5) is 26.6. The van der Waals surface area contributed by atoms with Crippen LogP contribution in [0.5, 0.6) is 0 Å². The molecule has 1 aliphatic carbocycles. The Morgan fingerprint density at radius 2 is 1.64 bits per heavy atom. The molecule has 1 aliphatic heterocycles. The number of nitrogens with one attached hydrogen (secondary N) is 1. The predicted octanol–water partition coefficient (Wildman–Crippen LogP) is 3.06. The molecule has 0 unspecified atom stereocenters. The summed E-state index contributed by atoms with van der Waals surface area (Å²) in [7, 11) is 0. The van der Waals surface area contributed by atoms with Crippen LogP contribution in [0.15, 0.2) is 24.3 Å². The summed E-state index contributed by atoms with van der Waals surface area (Å²) < 4.78 is 12.9. The van der Waals surface area contributed by atoms with E-state index in [4.69, 9.17) is 0 Å². The van der Waals surface area contributed by atoms with Crippen LogP contribution >= 0.6 is 0 Å². The Balaban J connectivity index is 1.42. The highest BCUT2D eigenvalue weighted by Gasteiger charge is 2.27. The third kappa shape index (κ3) is 5.03. The van der Waals surface area contributed by atoms with Gasteiger partial charge in [0.2, 0.25) is 11.8 Å². The van der Waals surface area contributed by atoms with Crippen LogP contribution in [0.4, 0.5) is 4.39 Å². The van der Waals surface area contributed by atoms with E-state index in [0.717, 1.165) is 44.1 Å². The molecule has 2 aliphatic rings. The minimum Gasteiger partial charge on any atom is -0.353 e. The van der Waals surface area contributed by atoms with E-state index < -0.39 is 0 Å². The first-order chi connectivity index (χ1) is 12.1. The molecule has 1 saturated carbocycles. The van der Waals surface area contributed by atoms with Crippen LogP contribution in [0.3, 0.4) is 0 Å². The fourth-order valence-corrected chi connectivity index (χ4v) is 3.85. The number of benzene rings is 1. The Kier molecular flexibility index (Phi) is 6.05. The van der Waals surface area contributed by atoms with Crippen LogP contribution in [0.1, 0.15) is 50.5 Å². The van der Waals surface area contributed by atoms with Gasteiger partial charge in [-0.25, -0.2) is 4.39 Å². The zero-order valence-electron chi connectivity index (χ0n) is 14.7. The monoisotopic (exact) mass is 346 g/mol. The second kappa shape index (κ2) is 8.45. The Hall–Kier alpha value is -1.91. The minimum atomic E-state index is -0.286.